The van der Waals surface area contributed by atoms with Gasteiger partial charge in [-0.2, -0.15) is 0 Å². The third-order valence-electron chi connectivity index (χ3n) is 3.04. The highest BCUT2D eigenvalue weighted by atomic mass is 79.9. The van der Waals surface area contributed by atoms with Gasteiger partial charge in [0.05, 0.1) is 0 Å². The van der Waals surface area contributed by atoms with Gasteiger partial charge in [0.25, 0.3) is 0 Å². The van der Waals surface area contributed by atoms with E-state index in [2.05, 4.69) is 33.9 Å². The Morgan fingerprint density at radius 1 is 1.33 bits per heavy atom. The standard InChI is InChI=1S/C15H21BrClN/c1-3-4-5-6-7-8-15(18-2)12-9-13(16)11-14(17)10-12/h3,9-11,15,18H,1,4-8H2,2H3. The minimum atomic E-state index is 0.378. The second-order valence-corrected chi connectivity index (χ2v) is 5.82. The van der Waals surface area contributed by atoms with Gasteiger partial charge in [0, 0.05) is 15.5 Å². The molecule has 0 bridgehead atoms. The molecule has 1 nitrogen and oxygen atoms in total. The first-order valence-corrected chi connectivity index (χ1v) is 7.58. The van der Waals surface area contributed by atoms with Gasteiger partial charge in [0.15, 0.2) is 0 Å². The zero-order chi connectivity index (χ0) is 13.4. The van der Waals surface area contributed by atoms with E-state index in [4.69, 9.17) is 11.6 Å². The topological polar surface area (TPSA) is 12.0 Å². The van der Waals surface area contributed by atoms with E-state index in [9.17, 15) is 0 Å². The highest BCUT2D eigenvalue weighted by Crippen LogP contribution is 2.26. The number of rotatable bonds is 8. The van der Waals surface area contributed by atoms with Crippen LogP contribution in [0.4, 0.5) is 0 Å². The van der Waals surface area contributed by atoms with Crippen LogP contribution in [0.3, 0.4) is 0 Å². The fourth-order valence-electron chi connectivity index (χ4n) is 2.07. The van der Waals surface area contributed by atoms with Crippen LogP contribution < -0.4 is 5.32 Å². The van der Waals surface area contributed by atoms with E-state index >= 15 is 0 Å². The van der Waals surface area contributed by atoms with Crippen molar-refractivity contribution in [1.82, 2.24) is 5.32 Å². The molecule has 0 aromatic heterocycles. The summed E-state index contributed by atoms with van der Waals surface area (Å²) in [7, 11) is 2.00. The predicted octanol–water partition coefficient (Wildman–Crippen LogP) is 5.50. The van der Waals surface area contributed by atoms with Gasteiger partial charge in [-0.05, 0) is 50.1 Å². The van der Waals surface area contributed by atoms with E-state index in [0.29, 0.717) is 6.04 Å². The Morgan fingerprint density at radius 2 is 2.11 bits per heavy atom. The number of nitrogens with one attached hydrogen (secondary N) is 1. The maximum atomic E-state index is 6.08. The minimum Gasteiger partial charge on any atom is -0.313 e. The Morgan fingerprint density at radius 3 is 2.72 bits per heavy atom. The maximum absolute atomic E-state index is 6.08. The van der Waals surface area contributed by atoms with Gasteiger partial charge in [0.1, 0.15) is 0 Å². The third kappa shape index (κ3) is 5.55. The van der Waals surface area contributed by atoms with Gasteiger partial charge >= 0.3 is 0 Å². The van der Waals surface area contributed by atoms with Crippen LogP contribution in [0.15, 0.2) is 35.3 Å². The van der Waals surface area contributed by atoms with Gasteiger partial charge in [-0.25, -0.2) is 0 Å². The van der Waals surface area contributed by atoms with E-state index in [1.165, 1.54) is 24.8 Å². The molecule has 0 saturated heterocycles. The van der Waals surface area contributed by atoms with E-state index in [0.717, 1.165) is 22.3 Å². The Labute approximate surface area is 124 Å². The maximum Gasteiger partial charge on any atom is 0.0420 e. The van der Waals surface area contributed by atoms with Crippen LogP contribution in [0.2, 0.25) is 5.02 Å². The van der Waals surface area contributed by atoms with Crippen LogP contribution >= 0.6 is 27.5 Å². The average molecular weight is 331 g/mol. The van der Waals surface area contributed by atoms with Gasteiger partial charge in [-0.3, -0.25) is 0 Å². The number of benzene rings is 1. The SMILES string of the molecule is C=CCCCCCC(NC)c1cc(Cl)cc(Br)c1. The van der Waals surface area contributed by atoms with Gasteiger partial charge < -0.3 is 5.32 Å². The normalized spacial score (nSPS) is 12.4. The molecular weight excluding hydrogens is 310 g/mol. The lowest BCUT2D eigenvalue weighted by molar-refractivity contribution is 0.508. The lowest BCUT2D eigenvalue weighted by Gasteiger charge is -2.17. The first-order chi connectivity index (χ1) is 8.67. The summed E-state index contributed by atoms with van der Waals surface area (Å²) >= 11 is 9.57. The van der Waals surface area contributed by atoms with Crippen molar-refractivity contribution < 1.29 is 0 Å². The molecule has 1 atom stereocenters. The fraction of sp³-hybridized carbons (Fsp3) is 0.467. The van der Waals surface area contributed by atoms with E-state index in [1.54, 1.807) is 0 Å². The molecule has 1 aromatic rings. The molecule has 0 aliphatic carbocycles. The van der Waals surface area contributed by atoms with Crippen LogP contribution in [0, 0.1) is 0 Å². The van der Waals surface area contributed by atoms with Crippen LogP contribution in [0.1, 0.15) is 43.7 Å². The Kier molecular flexibility index (Phi) is 7.64. The first-order valence-electron chi connectivity index (χ1n) is 6.41. The summed E-state index contributed by atoms with van der Waals surface area (Å²) in [5, 5.41) is 4.15. The number of hydrogen-bond donors (Lipinski definition) is 1. The second-order valence-electron chi connectivity index (χ2n) is 4.47. The molecule has 0 aliphatic rings. The Balaban J connectivity index is 2.51. The predicted molar refractivity (Wildman–Crippen MR) is 84.2 cm³/mol. The number of hydrogen-bond acceptors (Lipinski definition) is 1. The summed E-state index contributed by atoms with van der Waals surface area (Å²) in [5.74, 6) is 0. The van der Waals surface area contributed by atoms with Crippen LogP contribution in [-0.2, 0) is 0 Å². The molecule has 1 aromatic carbocycles. The molecule has 0 radical (unpaired) electrons. The summed E-state index contributed by atoms with van der Waals surface area (Å²) < 4.78 is 1.04. The molecule has 3 heteroatoms. The lowest BCUT2D eigenvalue weighted by atomic mass is 10.00. The zero-order valence-electron chi connectivity index (χ0n) is 10.9. The fourth-order valence-corrected chi connectivity index (χ4v) is 2.95. The third-order valence-corrected chi connectivity index (χ3v) is 3.71. The van der Waals surface area contributed by atoms with Crippen molar-refractivity contribution in [3.8, 4) is 0 Å². The molecule has 0 amide bonds. The zero-order valence-corrected chi connectivity index (χ0v) is 13.2. The van der Waals surface area contributed by atoms with Crippen molar-refractivity contribution in [1.29, 1.82) is 0 Å². The molecule has 0 aliphatic heterocycles. The summed E-state index contributed by atoms with van der Waals surface area (Å²) in [6.07, 6.45) is 7.96. The van der Waals surface area contributed by atoms with Gasteiger partial charge in [-0.1, -0.05) is 46.4 Å². The lowest BCUT2D eigenvalue weighted by Crippen LogP contribution is -2.16. The molecule has 0 fully saturated rings. The largest absolute Gasteiger partial charge is 0.313 e. The van der Waals surface area contributed by atoms with Gasteiger partial charge in [-0.15, -0.1) is 6.58 Å². The number of allylic oxidation sites excluding steroid dienone is 1. The van der Waals surface area contributed by atoms with Crippen molar-refractivity contribution in [2.75, 3.05) is 7.05 Å². The highest BCUT2D eigenvalue weighted by Gasteiger charge is 2.10. The van der Waals surface area contributed by atoms with E-state index in [1.807, 2.05) is 25.3 Å². The van der Waals surface area contributed by atoms with Crippen molar-refractivity contribution in [3.63, 3.8) is 0 Å². The first kappa shape index (κ1) is 15.7. The molecule has 1 N–H and O–H groups in total. The molecular formula is C15H21BrClN. The Bertz CT molecular complexity index is 359. The average Bonchev–Trinajstić information content (AvgIpc) is 2.32. The quantitative estimate of drug-likeness (QED) is 0.490. The number of unbranched alkanes of at least 4 members (excludes halogenated alkanes) is 3. The Hall–Kier alpha value is -0.310. The molecule has 100 valence electrons. The summed E-state index contributed by atoms with van der Waals surface area (Å²) in [5.41, 5.74) is 1.25. The van der Waals surface area contributed by atoms with E-state index in [-0.39, 0.29) is 0 Å². The molecule has 0 spiro atoms. The van der Waals surface area contributed by atoms with Crippen LogP contribution in [0.5, 0.6) is 0 Å². The highest BCUT2D eigenvalue weighted by molar-refractivity contribution is 9.10. The molecule has 0 heterocycles. The van der Waals surface area contributed by atoms with Crippen molar-refractivity contribution in [3.05, 3.63) is 45.9 Å². The minimum absolute atomic E-state index is 0.378. The van der Waals surface area contributed by atoms with E-state index < -0.39 is 0 Å². The second kappa shape index (κ2) is 8.73. The van der Waals surface area contributed by atoms with Crippen molar-refractivity contribution >= 4 is 27.5 Å². The summed E-state index contributed by atoms with van der Waals surface area (Å²) in [4.78, 5) is 0. The summed E-state index contributed by atoms with van der Waals surface area (Å²) in [6, 6.07) is 6.47. The van der Waals surface area contributed by atoms with Crippen LogP contribution in [-0.4, -0.2) is 7.05 Å². The molecule has 1 unspecified atom stereocenters. The van der Waals surface area contributed by atoms with Crippen LogP contribution in [0.25, 0.3) is 0 Å². The molecule has 18 heavy (non-hydrogen) atoms. The smallest absolute Gasteiger partial charge is 0.0420 e. The van der Waals surface area contributed by atoms with Gasteiger partial charge in [0.2, 0.25) is 0 Å². The molecule has 0 saturated carbocycles. The molecule has 1 rings (SSSR count). The number of halogens is 2. The summed E-state index contributed by atoms with van der Waals surface area (Å²) in [6.45, 7) is 3.74. The van der Waals surface area contributed by atoms with Crippen molar-refractivity contribution in [2.24, 2.45) is 0 Å². The monoisotopic (exact) mass is 329 g/mol. The van der Waals surface area contributed by atoms with Crippen molar-refractivity contribution in [2.45, 2.75) is 38.1 Å².